The third-order valence-electron chi connectivity index (χ3n) is 4.44. The van der Waals surface area contributed by atoms with Crippen LogP contribution in [0.3, 0.4) is 0 Å². The Morgan fingerprint density at radius 3 is 2.59 bits per heavy atom. The van der Waals surface area contributed by atoms with Gasteiger partial charge >= 0.3 is 0 Å². The Labute approximate surface area is 158 Å². The maximum absolute atomic E-state index is 5.24. The molecule has 0 saturated carbocycles. The Morgan fingerprint density at radius 2 is 1.85 bits per heavy atom. The van der Waals surface area contributed by atoms with E-state index < -0.39 is 0 Å². The molecule has 4 aromatic rings. The standard InChI is InChI=1S/C21H21N5O/c1-25(2)17-6-4-5-16(13-17)24-20-11-12-22-21-19(14-23-26(20)21)15-7-9-18(27-3)10-8-15/h4-14,24H,1-3H3. The highest BCUT2D eigenvalue weighted by Crippen LogP contribution is 2.28. The molecule has 0 spiro atoms. The van der Waals surface area contributed by atoms with Gasteiger partial charge in [0, 0.05) is 37.2 Å². The number of benzene rings is 2. The highest BCUT2D eigenvalue weighted by Gasteiger charge is 2.11. The second kappa shape index (κ2) is 6.99. The molecule has 2 aromatic carbocycles. The van der Waals surface area contributed by atoms with E-state index in [9.17, 15) is 0 Å². The molecule has 0 fully saturated rings. The number of nitrogens with zero attached hydrogens (tertiary/aromatic N) is 4. The average Bonchev–Trinajstić information content (AvgIpc) is 3.13. The third kappa shape index (κ3) is 3.29. The van der Waals surface area contributed by atoms with Gasteiger partial charge in [0.05, 0.1) is 13.3 Å². The van der Waals surface area contributed by atoms with Gasteiger partial charge in [-0.15, -0.1) is 0 Å². The lowest BCUT2D eigenvalue weighted by molar-refractivity contribution is 0.415. The SMILES string of the molecule is COc1ccc(-c2cnn3c(Nc4cccc(N(C)C)c4)ccnc23)cc1. The fraction of sp³-hybridized carbons (Fsp3) is 0.143. The summed E-state index contributed by atoms with van der Waals surface area (Å²) in [6.45, 7) is 0. The maximum Gasteiger partial charge on any atom is 0.165 e. The van der Waals surface area contributed by atoms with Gasteiger partial charge in [0.1, 0.15) is 11.6 Å². The van der Waals surface area contributed by atoms with E-state index in [2.05, 4.69) is 32.4 Å². The van der Waals surface area contributed by atoms with Crippen LogP contribution in [0.1, 0.15) is 0 Å². The van der Waals surface area contributed by atoms with Gasteiger partial charge in [-0.2, -0.15) is 9.61 Å². The lowest BCUT2D eigenvalue weighted by Gasteiger charge is -2.14. The van der Waals surface area contributed by atoms with Crippen molar-refractivity contribution in [3.8, 4) is 16.9 Å². The van der Waals surface area contributed by atoms with E-state index in [4.69, 9.17) is 4.74 Å². The van der Waals surface area contributed by atoms with Crippen molar-refractivity contribution >= 4 is 22.8 Å². The minimum Gasteiger partial charge on any atom is -0.497 e. The summed E-state index contributed by atoms with van der Waals surface area (Å²) in [4.78, 5) is 6.60. The first-order valence-corrected chi connectivity index (χ1v) is 8.67. The quantitative estimate of drug-likeness (QED) is 0.578. The number of ether oxygens (including phenoxy) is 1. The number of nitrogens with one attached hydrogen (secondary N) is 1. The lowest BCUT2D eigenvalue weighted by atomic mass is 10.1. The number of hydrogen-bond donors (Lipinski definition) is 1. The van der Waals surface area contributed by atoms with Gasteiger partial charge < -0.3 is 15.0 Å². The molecule has 0 bridgehead atoms. The molecule has 6 heteroatoms. The van der Waals surface area contributed by atoms with Crippen LogP contribution in [0.5, 0.6) is 5.75 Å². The van der Waals surface area contributed by atoms with Crippen LogP contribution in [0, 0.1) is 0 Å². The van der Waals surface area contributed by atoms with Crippen molar-refractivity contribution in [2.45, 2.75) is 0 Å². The predicted molar refractivity (Wildman–Crippen MR) is 109 cm³/mol. The van der Waals surface area contributed by atoms with E-state index in [1.807, 2.05) is 67.3 Å². The monoisotopic (exact) mass is 359 g/mol. The molecule has 0 aliphatic carbocycles. The van der Waals surface area contributed by atoms with Crippen LogP contribution in [-0.4, -0.2) is 35.8 Å². The topological polar surface area (TPSA) is 54.7 Å². The first-order valence-electron chi connectivity index (χ1n) is 8.67. The van der Waals surface area contributed by atoms with Gasteiger partial charge in [0.2, 0.25) is 0 Å². The number of fused-ring (bicyclic) bond motifs is 1. The zero-order chi connectivity index (χ0) is 18.8. The van der Waals surface area contributed by atoms with Gasteiger partial charge in [0.15, 0.2) is 5.65 Å². The minimum absolute atomic E-state index is 0.800. The first-order chi connectivity index (χ1) is 13.2. The van der Waals surface area contributed by atoms with Crippen molar-refractivity contribution in [1.82, 2.24) is 14.6 Å². The number of hydrogen-bond acceptors (Lipinski definition) is 5. The summed E-state index contributed by atoms with van der Waals surface area (Å²) in [5.41, 5.74) is 4.95. The molecule has 0 saturated heterocycles. The Hall–Kier alpha value is -3.54. The van der Waals surface area contributed by atoms with Crippen LogP contribution in [0.4, 0.5) is 17.2 Å². The average molecular weight is 359 g/mol. The van der Waals surface area contributed by atoms with Crippen LogP contribution in [0.2, 0.25) is 0 Å². The molecule has 136 valence electrons. The van der Waals surface area contributed by atoms with Crippen molar-refractivity contribution < 1.29 is 4.74 Å². The molecule has 1 N–H and O–H groups in total. The number of aromatic nitrogens is 3. The first kappa shape index (κ1) is 16.9. The maximum atomic E-state index is 5.24. The zero-order valence-corrected chi connectivity index (χ0v) is 15.5. The molecule has 0 radical (unpaired) electrons. The van der Waals surface area contributed by atoms with Gasteiger partial charge in [-0.25, -0.2) is 4.98 Å². The van der Waals surface area contributed by atoms with Gasteiger partial charge in [-0.1, -0.05) is 18.2 Å². The highest BCUT2D eigenvalue weighted by molar-refractivity contribution is 5.78. The van der Waals surface area contributed by atoms with Crippen molar-refractivity contribution in [3.63, 3.8) is 0 Å². The molecule has 27 heavy (non-hydrogen) atoms. The summed E-state index contributed by atoms with van der Waals surface area (Å²) in [7, 11) is 5.71. The number of rotatable bonds is 5. The van der Waals surface area contributed by atoms with Crippen molar-refractivity contribution in [2.75, 3.05) is 31.4 Å². The molecule has 2 aromatic heterocycles. The summed E-state index contributed by atoms with van der Waals surface area (Å²) >= 11 is 0. The molecular weight excluding hydrogens is 338 g/mol. The number of methoxy groups -OCH3 is 1. The summed E-state index contributed by atoms with van der Waals surface area (Å²) in [5.74, 6) is 1.68. The molecule has 6 nitrogen and oxygen atoms in total. The second-order valence-corrected chi connectivity index (χ2v) is 6.42. The Morgan fingerprint density at radius 1 is 1.04 bits per heavy atom. The summed E-state index contributed by atoms with van der Waals surface area (Å²) < 4.78 is 7.06. The van der Waals surface area contributed by atoms with E-state index in [-0.39, 0.29) is 0 Å². The molecule has 0 aliphatic heterocycles. The minimum atomic E-state index is 0.800. The Balaban J connectivity index is 1.71. The summed E-state index contributed by atoms with van der Waals surface area (Å²) in [6, 6.07) is 18.1. The summed E-state index contributed by atoms with van der Waals surface area (Å²) in [6.07, 6.45) is 3.63. The van der Waals surface area contributed by atoms with Crippen LogP contribution in [-0.2, 0) is 0 Å². The van der Waals surface area contributed by atoms with E-state index in [1.165, 1.54) is 0 Å². The van der Waals surface area contributed by atoms with Gasteiger partial charge in [-0.05, 0) is 42.0 Å². The normalized spacial score (nSPS) is 10.8. The van der Waals surface area contributed by atoms with Crippen LogP contribution >= 0.6 is 0 Å². The van der Waals surface area contributed by atoms with E-state index in [1.54, 1.807) is 13.3 Å². The number of anilines is 3. The fourth-order valence-corrected chi connectivity index (χ4v) is 2.97. The van der Waals surface area contributed by atoms with E-state index in [0.29, 0.717) is 0 Å². The second-order valence-electron chi connectivity index (χ2n) is 6.42. The van der Waals surface area contributed by atoms with E-state index >= 15 is 0 Å². The van der Waals surface area contributed by atoms with Crippen LogP contribution < -0.4 is 15.0 Å². The zero-order valence-electron chi connectivity index (χ0n) is 15.5. The highest BCUT2D eigenvalue weighted by atomic mass is 16.5. The molecule has 0 atom stereocenters. The molecule has 0 amide bonds. The largest absolute Gasteiger partial charge is 0.497 e. The van der Waals surface area contributed by atoms with Gasteiger partial charge in [0.25, 0.3) is 0 Å². The lowest BCUT2D eigenvalue weighted by Crippen LogP contribution is -2.08. The molecule has 2 heterocycles. The molecule has 0 unspecified atom stereocenters. The van der Waals surface area contributed by atoms with Crippen LogP contribution in [0.25, 0.3) is 16.8 Å². The van der Waals surface area contributed by atoms with Crippen molar-refractivity contribution in [2.24, 2.45) is 0 Å². The van der Waals surface area contributed by atoms with E-state index in [0.717, 1.165) is 39.7 Å². The third-order valence-corrected chi connectivity index (χ3v) is 4.44. The molecular formula is C21H21N5O. The van der Waals surface area contributed by atoms with Gasteiger partial charge in [-0.3, -0.25) is 0 Å². The molecule has 4 rings (SSSR count). The predicted octanol–water partition coefficient (Wildman–Crippen LogP) is 4.21. The molecule has 0 aliphatic rings. The fourth-order valence-electron chi connectivity index (χ4n) is 2.97. The smallest absolute Gasteiger partial charge is 0.165 e. The van der Waals surface area contributed by atoms with Crippen molar-refractivity contribution in [1.29, 1.82) is 0 Å². The van der Waals surface area contributed by atoms with Crippen LogP contribution in [0.15, 0.2) is 67.0 Å². The Kier molecular flexibility index (Phi) is 4.38. The Bertz CT molecular complexity index is 1070. The summed E-state index contributed by atoms with van der Waals surface area (Å²) in [5, 5.41) is 7.98. The van der Waals surface area contributed by atoms with Crippen molar-refractivity contribution in [3.05, 3.63) is 67.0 Å².